The van der Waals surface area contributed by atoms with E-state index in [9.17, 15) is 0 Å². The highest BCUT2D eigenvalue weighted by atomic mass is 35.5. The Morgan fingerprint density at radius 2 is 2.09 bits per heavy atom. The van der Waals surface area contributed by atoms with E-state index in [1.165, 1.54) is 0 Å². The summed E-state index contributed by atoms with van der Waals surface area (Å²) in [5, 5.41) is 12.7. The molecule has 0 bridgehead atoms. The van der Waals surface area contributed by atoms with Crippen molar-refractivity contribution in [2.75, 3.05) is 0 Å². The highest BCUT2D eigenvalue weighted by Crippen LogP contribution is 2.37. The number of fused-ring (bicyclic) bond motifs is 1. The van der Waals surface area contributed by atoms with Crippen LogP contribution in [-0.2, 0) is 6.42 Å². The Labute approximate surface area is 132 Å². The lowest BCUT2D eigenvalue weighted by atomic mass is 9.81. The van der Waals surface area contributed by atoms with Gasteiger partial charge >= 0.3 is 0 Å². The SMILES string of the molecule is Cc1noc2c1C(=NN=C(N)N)CC(c1ccccc1Cl)C2. The lowest BCUT2D eigenvalue weighted by Gasteiger charge is -2.23. The molecule has 1 atom stereocenters. The van der Waals surface area contributed by atoms with Crippen LogP contribution in [-0.4, -0.2) is 16.8 Å². The summed E-state index contributed by atoms with van der Waals surface area (Å²) < 4.78 is 5.43. The van der Waals surface area contributed by atoms with Gasteiger partial charge in [0.2, 0.25) is 5.96 Å². The van der Waals surface area contributed by atoms with Gasteiger partial charge in [0.05, 0.1) is 17.0 Å². The van der Waals surface area contributed by atoms with E-state index < -0.39 is 0 Å². The van der Waals surface area contributed by atoms with Crippen molar-refractivity contribution in [3.8, 4) is 0 Å². The fourth-order valence-electron chi connectivity index (χ4n) is 2.79. The Kier molecular flexibility index (Phi) is 3.85. The summed E-state index contributed by atoms with van der Waals surface area (Å²) in [5.41, 5.74) is 14.3. The van der Waals surface area contributed by atoms with Crippen molar-refractivity contribution in [3.05, 3.63) is 51.9 Å². The molecule has 4 N–H and O–H groups in total. The average Bonchev–Trinajstić information content (AvgIpc) is 2.87. The molecule has 1 heterocycles. The lowest BCUT2D eigenvalue weighted by Crippen LogP contribution is -2.23. The number of aryl methyl sites for hydroxylation is 1. The van der Waals surface area contributed by atoms with Gasteiger partial charge in [0.1, 0.15) is 5.76 Å². The molecule has 3 rings (SSSR count). The van der Waals surface area contributed by atoms with E-state index in [-0.39, 0.29) is 11.9 Å². The Morgan fingerprint density at radius 1 is 1.32 bits per heavy atom. The van der Waals surface area contributed by atoms with E-state index in [0.717, 1.165) is 39.7 Å². The van der Waals surface area contributed by atoms with E-state index in [2.05, 4.69) is 15.4 Å². The predicted molar refractivity (Wildman–Crippen MR) is 86.1 cm³/mol. The molecule has 7 heteroatoms. The molecule has 0 saturated carbocycles. The second kappa shape index (κ2) is 5.81. The van der Waals surface area contributed by atoms with Crippen molar-refractivity contribution in [2.24, 2.45) is 21.7 Å². The van der Waals surface area contributed by atoms with Gasteiger partial charge < -0.3 is 16.0 Å². The van der Waals surface area contributed by atoms with Crippen LogP contribution in [0.4, 0.5) is 0 Å². The third kappa shape index (κ3) is 2.69. The van der Waals surface area contributed by atoms with Crippen LogP contribution in [0.5, 0.6) is 0 Å². The minimum atomic E-state index is -0.0805. The molecule has 1 unspecified atom stereocenters. The number of hydrogen-bond acceptors (Lipinski definition) is 4. The predicted octanol–water partition coefficient (Wildman–Crippen LogP) is 2.34. The Hall–Kier alpha value is -2.34. The molecular weight excluding hydrogens is 302 g/mol. The monoisotopic (exact) mass is 317 g/mol. The van der Waals surface area contributed by atoms with E-state index >= 15 is 0 Å². The molecule has 1 aliphatic rings. The van der Waals surface area contributed by atoms with Gasteiger partial charge in [-0.2, -0.15) is 5.10 Å². The summed E-state index contributed by atoms with van der Waals surface area (Å²) in [5.74, 6) is 0.864. The second-order valence-electron chi connectivity index (χ2n) is 5.26. The highest BCUT2D eigenvalue weighted by molar-refractivity contribution is 6.31. The number of hydrogen-bond donors (Lipinski definition) is 2. The fraction of sp³-hybridized carbons (Fsp3) is 0.267. The standard InChI is InChI=1S/C15H16ClN5O/c1-8-14-12(19-20-15(17)18)6-9(7-13(14)22-21-8)10-4-2-3-5-11(10)16/h2-5,9H,6-7H2,1H3,(H4,17,18,20). The van der Waals surface area contributed by atoms with E-state index in [4.69, 9.17) is 27.6 Å². The number of nitrogens with zero attached hydrogens (tertiary/aromatic N) is 3. The number of halogens is 1. The third-order valence-electron chi connectivity index (χ3n) is 3.72. The maximum atomic E-state index is 6.31. The quantitative estimate of drug-likeness (QED) is 0.504. The van der Waals surface area contributed by atoms with E-state index in [0.29, 0.717) is 6.42 Å². The molecule has 6 nitrogen and oxygen atoms in total. The molecule has 0 radical (unpaired) electrons. The topological polar surface area (TPSA) is 103 Å². The van der Waals surface area contributed by atoms with Crippen LogP contribution in [0.2, 0.25) is 5.02 Å². The highest BCUT2D eigenvalue weighted by Gasteiger charge is 2.31. The lowest BCUT2D eigenvalue weighted by molar-refractivity contribution is 0.369. The first-order valence-electron chi connectivity index (χ1n) is 6.91. The van der Waals surface area contributed by atoms with E-state index in [1.54, 1.807) is 0 Å². The summed E-state index contributed by atoms with van der Waals surface area (Å²) in [6.07, 6.45) is 1.40. The normalized spacial score (nSPS) is 19.0. The zero-order chi connectivity index (χ0) is 15.7. The van der Waals surface area contributed by atoms with Crippen LogP contribution in [0.15, 0.2) is 39.0 Å². The molecule has 1 aromatic heterocycles. The van der Waals surface area contributed by atoms with Gasteiger partial charge in [0, 0.05) is 11.4 Å². The molecule has 22 heavy (non-hydrogen) atoms. The molecule has 0 saturated heterocycles. The van der Waals surface area contributed by atoms with Crippen molar-refractivity contribution >= 4 is 23.3 Å². The average molecular weight is 318 g/mol. The maximum absolute atomic E-state index is 6.31. The maximum Gasteiger partial charge on any atom is 0.211 e. The third-order valence-corrected chi connectivity index (χ3v) is 4.07. The van der Waals surface area contributed by atoms with Crippen molar-refractivity contribution in [1.82, 2.24) is 5.16 Å². The molecule has 0 spiro atoms. The Balaban J connectivity index is 2.04. The minimum absolute atomic E-state index is 0.0805. The van der Waals surface area contributed by atoms with E-state index in [1.807, 2.05) is 31.2 Å². The van der Waals surface area contributed by atoms with Gasteiger partial charge in [-0.15, -0.1) is 5.10 Å². The first-order valence-corrected chi connectivity index (χ1v) is 7.29. The van der Waals surface area contributed by atoms with Crippen molar-refractivity contribution < 1.29 is 4.52 Å². The summed E-state index contributed by atoms with van der Waals surface area (Å²) in [4.78, 5) is 0. The second-order valence-corrected chi connectivity index (χ2v) is 5.67. The summed E-state index contributed by atoms with van der Waals surface area (Å²) in [6.45, 7) is 1.88. The minimum Gasteiger partial charge on any atom is -0.369 e. The van der Waals surface area contributed by atoms with Crippen molar-refractivity contribution in [3.63, 3.8) is 0 Å². The van der Waals surface area contributed by atoms with Crippen LogP contribution in [0.1, 0.15) is 34.9 Å². The number of aromatic nitrogens is 1. The molecular formula is C15H16ClN5O. The summed E-state index contributed by atoms with van der Waals surface area (Å²) >= 11 is 6.31. The van der Waals surface area contributed by atoms with Crippen molar-refractivity contribution in [2.45, 2.75) is 25.7 Å². The molecule has 0 fully saturated rings. The molecule has 0 aliphatic heterocycles. The van der Waals surface area contributed by atoms with Gasteiger partial charge in [-0.05, 0) is 30.9 Å². The first kappa shape index (κ1) is 14.6. The molecule has 0 amide bonds. The van der Waals surface area contributed by atoms with Gasteiger partial charge in [-0.25, -0.2) is 0 Å². The van der Waals surface area contributed by atoms with Gasteiger partial charge in [0.15, 0.2) is 0 Å². The molecule has 114 valence electrons. The number of rotatable bonds is 2. The van der Waals surface area contributed by atoms with Gasteiger partial charge in [-0.1, -0.05) is 35.0 Å². The molecule has 1 aliphatic carbocycles. The molecule has 1 aromatic carbocycles. The summed E-state index contributed by atoms with van der Waals surface area (Å²) in [6, 6.07) is 7.77. The zero-order valence-corrected chi connectivity index (χ0v) is 12.8. The fourth-order valence-corrected chi connectivity index (χ4v) is 3.08. The van der Waals surface area contributed by atoms with Crippen LogP contribution < -0.4 is 11.5 Å². The van der Waals surface area contributed by atoms with Crippen LogP contribution in [0.3, 0.4) is 0 Å². The number of nitrogens with two attached hydrogens (primary N) is 2. The van der Waals surface area contributed by atoms with Crippen molar-refractivity contribution in [1.29, 1.82) is 0 Å². The molecule has 2 aromatic rings. The van der Waals surface area contributed by atoms with Crippen LogP contribution >= 0.6 is 11.6 Å². The number of guanidine groups is 1. The van der Waals surface area contributed by atoms with Crippen LogP contribution in [0.25, 0.3) is 0 Å². The first-order chi connectivity index (χ1) is 10.6. The summed E-state index contributed by atoms with van der Waals surface area (Å²) in [7, 11) is 0. The largest absolute Gasteiger partial charge is 0.369 e. The smallest absolute Gasteiger partial charge is 0.211 e. The Morgan fingerprint density at radius 3 is 2.82 bits per heavy atom. The van der Waals surface area contributed by atoms with Gasteiger partial charge in [-0.3, -0.25) is 0 Å². The number of benzene rings is 1. The zero-order valence-electron chi connectivity index (χ0n) is 12.1. The van der Waals surface area contributed by atoms with Crippen LogP contribution in [0, 0.1) is 6.92 Å². The van der Waals surface area contributed by atoms with Gasteiger partial charge in [0.25, 0.3) is 0 Å². The Bertz CT molecular complexity index is 761.